The number of carbonyl (C=O) groups is 1. The van der Waals surface area contributed by atoms with E-state index in [1.54, 1.807) is 23.6 Å². The molecule has 0 atom stereocenters. The van der Waals surface area contributed by atoms with E-state index in [1.807, 2.05) is 0 Å². The lowest BCUT2D eigenvalue weighted by atomic mass is 10.2. The maximum atomic E-state index is 12.7. The van der Waals surface area contributed by atoms with Crippen LogP contribution in [0.5, 0.6) is 0 Å². The Balaban J connectivity index is 1.61. The molecule has 8 nitrogen and oxygen atoms in total. The summed E-state index contributed by atoms with van der Waals surface area (Å²) < 4.78 is 6.98. The Morgan fingerprint density at radius 1 is 1.44 bits per heavy atom. The number of hydrogen-bond donors (Lipinski definition) is 0. The molecular weight excluding hydrogens is 370 g/mol. The first kappa shape index (κ1) is 17.3. The van der Waals surface area contributed by atoms with E-state index in [0.29, 0.717) is 32.8 Å². The molecule has 0 amide bonds. The predicted octanol–water partition coefficient (Wildman–Crippen LogP) is 2.98. The van der Waals surface area contributed by atoms with Crippen molar-refractivity contribution in [1.29, 1.82) is 0 Å². The highest BCUT2D eigenvalue weighted by Gasteiger charge is 2.24. The van der Waals surface area contributed by atoms with E-state index in [0.717, 1.165) is 30.0 Å². The molecule has 0 N–H and O–H groups in total. The summed E-state index contributed by atoms with van der Waals surface area (Å²) in [5.74, 6) is 0.192. The van der Waals surface area contributed by atoms with Gasteiger partial charge in [-0.05, 0) is 24.5 Å². The van der Waals surface area contributed by atoms with Crippen molar-refractivity contribution in [2.75, 3.05) is 0 Å². The molecule has 0 spiro atoms. The number of aromatic nitrogens is 2. The van der Waals surface area contributed by atoms with Crippen molar-refractivity contribution in [3.63, 3.8) is 0 Å². The van der Waals surface area contributed by atoms with E-state index in [-0.39, 0.29) is 17.9 Å². The average Bonchev–Trinajstić information content (AvgIpc) is 3.25. The van der Waals surface area contributed by atoms with Crippen LogP contribution in [0.25, 0.3) is 10.2 Å². The Labute approximate surface area is 157 Å². The zero-order valence-corrected chi connectivity index (χ0v) is 15.2. The first-order valence-corrected chi connectivity index (χ1v) is 9.20. The second kappa shape index (κ2) is 6.58. The molecule has 1 aromatic carbocycles. The molecule has 0 radical (unpaired) electrons. The van der Waals surface area contributed by atoms with Gasteiger partial charge in [-0.2, -0.15) is 0 Å². The maximum absolute atomic E-state index is 12.7. The van der Waals surface area contributed by atoms with Crippen LogP contribution in [0, 0.1) is 17.0 Å². The van der Waals surface area contributed by atoms with Gasteiger partial charge in [0.05, 0.1) is 10.3 Å². The quantitative estimate of drug-likeness (QED) is 0.388. The molecule has 27 heavy (non-hydrogen) atoms. The minimum atomic E-state index is -0.563. The zero-order chi connectivity index (χ0) is 19.1. The Kier molecular flexibility index (Phi) is 4.23. The highest BCUT2D eigenvalue weighted by atomic mass is 32.1. The Hall–Kier alpha value is -3.07. The number of nitro benzene ring substituents is 1. The minimum Gasteiger partial charge on any atom is -0.457 e. The highest BCUT2D eigenvalue weighted by molar-refractivity contribution is 7.20. The molecule has 3 heterocycles. The summed E-state index contributed by atoms with van der Waals surface area (Å²) in [6.07, 6.45) is 1.66. The van der Waals surface area contributed by atoms with E-state index in [9.17, 15) is 19.7 Å². The summed E-state index contributed by atoms with van der Waals surface area (Å²) in [6, 6.07) is 5.93. The van der Waals surface area contributed by atoms with Crippen molar-refractivity contribution >= 4 is 33.2 Å². The first-order valence-electron chi connectivity index (χ1n) is 8.39. The topological polar surface area (TPSA) is 104 Å². The normalized spacial score (nSPS) is 12.9. The average molecular weight is 385 g/mol. The van der Waals surface area contributed by atoms with Gasteiger partial charge in [0.25, 0.3) is 11.2 Å². The van der Waals surface area contributed by atoms with E-state index in [2.05, 4.69) is 4.98 Å². The SMILES string of the molecule is Cc1c(C(=O)OCc2cccc([N+](=O)[O-])c2)sc2nc3n(c(=O)c12)CCC3. The van der Waals surface area contributed by atoms with Crippen LogP contribution in [0.2, 0.25) is 0 Å². The number of nitrogens with zero attached hydrogens (tertiary/aromatic N) is 3. The number of esters is 1. The van der Waals surface area contributed by atoms with E-state index in [4.69, 9.17) is 4.74 Å². The summed E-state index contributed by atoms with van der Waals surface area (Å²) in [4.78, 5) is 40.9. The maximum Gasteiger partial charge on any atom is 0.349 e. The van der Waals surface area contributed by atoms with Gasteiger partial charge < -0.3 is 4.74 Å². The summed E-state index contributed by atoms with van der Waals surface area (Å²) in [7, 11) is 0. The minimum absolute atomic E-state index is 0.0617. The molecule has 1 aliphatic rings. The second-order valence-electron chi connectivity index (χ2n) is 6.33. The Bertz CT molecular complexity index is 1150. The van der Waals surface area contributed by atoms with Crippen LogP contribution < -0.4 is 5.56 Å². The third kappa shape index (κ3) is 2.99. The van der Waals surface area contributed by atoms with Gasteiger partial charge in [0.1, 0.15) is 22.1 Å². The van der Waals surface area contributed by atoms with Crippen molar-refractivity contribution in [1.82, 2.24) is 9.55 Å². The van der Waals surface area contributed by atoms with Crippen molar-refractivity contribution < 1.29 is 14.5 Å². The number of aryl methyl sites for hydroxylation is 2. The van der Waals surface area contributed by atoms with E-state index in [1.165, 1.54) is 12.1 Å². The van der Waals surface area contributed by atoms with Crippen LogP contribution in [0.1, 0.15) is 33.0 Å². The monoisotopic (exact) mass is 385 g/mol. The van der Waals surface area contributed by atoms with E-state index < -0.39 is 10.9 Å². The van der Waals surface area contributed by atoms with Gasteiger partial charge >= 0.3 is 5.97 Å². The highest BCUT2D eigenvalue weighted by Crippen LogP contribution is 2.29. The van der Waals surface area contributed by atoms with Crippen molar-refractivity contribution in [2.24, 2.45) is 0 Å². The molecule has 0 saturated heterocycles. The fourth-order valence-corrected chi connectivity index (χ4v) is 4.33. The number of fused-ring (bicyclic) bond motifs is 2. The van der Waals surface area contributed by atoms with Gasteiger partial charge in [0.15, 0.2) is 0 Å². The third-order valence-electron chi connectivity index (χ3n) is 4.59. The van der Waals surface area contributed by atoms with Crippen molar-refractivity contribution in [3.8, 4) is 0 Å². The molecule has 9 heteroatoms. The van der Waals surface area contributed by atoms with Gasteiger partial charge in [-0.15, -0.1) is 11.3 Å². The first-order chi connectivity index (χ1) is 13.0. The Morgan fingerprint density at radius 3 is 3.04 bits per heavy atom. The largest absolute Gasteiger partial charge is 0.457 e. The predicted molar refractivity (Wildman–Crippen MR) is 99.2 cm³/mol. The molecule has 138 valence electrons. The lowest BCUT2D eigenvalue weighted by Gasteiger charge is -2.04. The lowest BCUT2D eigenvalue weighted by molar-refractivity contribution is -0.384. The van der Waals surface area contributed by atoms with Gasteiger partial charge in [0.2, 0.25) is 0 Å². The Morgan fingerprint density at radius 2 is 2.26 bits per heavy atom. The molecule has 2 aromatic heterocycles. The molecule has 0 unspecified atom stereocenters. The number of non-ortho nitro benzene ring substituents is 1. The molecule has 0 saturated carbocycles. The summed E-state index contributed by atoms with van der Waals surface area (Å²) in [6.45, 7) is 2.28. The third-order valence-corrected chi connectivity index (χ3v) is 5.75. The molecule has 4 rings (SSSR count). The summed E-state index contributed by atoms with van der Waals surface area (Å²) >= 11 is 1.15. The number of rotatable bonds is 4. The van der Waals surface area contributed by atoms with Crippen molar-refractivity contribution in [2.45, 2.75) is 32.9 Å². The number of carbonyl (C=O) groups excluding carboxylic acids is 1. The molecule has 1 aliphatic heterocycles. The van der Waals surface area contributed by atoms with E-state index >= 15 is 0 Å². The lowest BCUT2D eigenvalue weighted by Crippen LogP contribution is -2.20. The van der Waals surface area contributed by atoms with Crippen LogP contribution in [-0.4, -0.2) is 20.4 Å². The molecule has 0 aliphatic carbocycles. The molecule has 3 aromatic rings. The zero-order valence-electron chi connectivity index (χ0n) is 14.4. The smallest absolute Gasteiger partial charge is 0.349 e. The van der Waals surface area contributed by atoms with Crippen LogP contribution >= 0.6 is 11.3 Å². The number of thiophene rings is 1. The fourth-order valence-electron chi connectivity index (χ4n) is 3.24. The number of ether oxygens (including phenoxy) is 1. The fraction of sp³-hybridized carbons (Fsp3) is 0.278. The van der Waals surface area contributed by atoms with Gasteiger partial charge in [-0.1, -0.05) is 12.1 Å². The molecular formula is C18H15N3O5S. The van der Waals surface area contributed by atoms with Gasteiger partial charge in [-0.3, -0.25) is 19.5 Å². The van der Waals surface area contributed by atoms with Crippen LogP contribution in [-0.2, 0) is 24.3 Å². The van der Waals surface area contributed by atoms with Crippen molar-refractivity contribution in [3.05, 3.63) is 66.6 Å². The number of hydrogen-bond acceptors (Lipinski definition) is 7. The summed E-state index contributed by atoms with van der Waals surface area (Å²) in [5.41, 5.74) is 0.916. The number of benzene rings is 1. The van der Waals surface area contributed by atoms with Crippen LogP contribution in [0.4, 0.5) is 5.69 Å². The van der Waals surface area contributed by atoms with Gasteiger partial charge in [0, 0.05) is 25.1 Å². The molecule has 0 fully saturated rings. The van der Waals surface area contributed by atoms with Crippen LogP contribution in [0.3, 0.4) is 0 Å². The van der Waals surface area contributed by atoms with Gasteiger partial charge in [-0.25, -0.2) is 9.78 Å². The second-order valence-corrected chi connectivity index (χ2v) is 7.33. The van der Waals surface area contributed by atoms with Crippen LogP contribution in [0.15, 0.2) is 29.1 Å². The number of nitro groups is 1. The molecule has 0 bridgehead atoms. The standard InChI is InChI=1S/C18H15N3O5S/c1-10-14-16(19-13-6-3-7-20(13)17(14)22)27-15(10)18(23)26-9-11-4-2-5-12(8-11)21(24)25/h2,4-5,8H,3,6-7,9H2,1H3. The summed E-state index contributed by atoms with van der Waals surface area (Å²) in [5, 5.41) is 11.3.